The van der Waals surface area contributed by atoms with Crippen molar-refractivity contribution >= 4 is 26.5 Å². The Labute approximate surface area is 176 Å². The van der Waals surface area contributed by atoms with Gasteiger partial charge in [0.05, 0.1) is 22.4 Å². The third-order valence-electron chi connectivity index (χ3n) is 4.85. The third-order valence-corrected chi connectivity index (χ3v) is 6.64. The van der Waals surface area contributed by atoms with Gasteiger partial charge in [-0.3, -0.25) is 0 Å². The maximum Gasteiger partial charge on any atom is 0.417 e. The highest BCUT2D eigenvalue weighted by molar-refractivity contribution is 7.91. The number of hydrogen-bond donors (Lipinski definition) is 0. The molecule has 0 spiro atoms. The lowest BCUT2D eigenvalue weighted by molar-refractivity contribution is -0.138. The highest BCUT2D eigenvalue weighted by Gasteiger charge is 2.34. The standard InChI is InChI=1S/C18H13F6N5O2S/c1-3-32(30,31)14-12-5-4-9(17(19,20)21)8-29(12)27-13(14)16-26-11-6-10(18(22,23)24)7-25-15(11)28(16)2/h4-8H,3H2,1-2H3. The monoisotopic (exact) mass is 477 g/mol. The normalized spacial score (nSPS) is 13.4. The number of rotatable bonds is 3. The zero-order valence-electron chi connectivity index (χ0n) is 16.3. The first-order valence-corrected chi connectivity index (χ1v) is 10.6. The van der Waals surface area contributed by atoms with E-state index in [9.17, 15) is 34.8 Å². The van der Waals surface area contributed by atoms with Gasteiger partial charge in [-0.15, -0.1) is 0 Å². The molecule has 14 heteroatoms. The first-order valence-electron chi connectivity index (χ1n) is 8.96. The van der Waals surface area contributed by atoms with Crippen molar-refractivity contribution in [1.82, 2.24) is 24.1 Å². The van der Waals surface area contributed by atoms with E-state index in [2.05, 4.69) is 15.1 Å². The van der Waals surface area contributed by atoms with Crippen LogP contribution in [0.4, 0.5) is 26.3 Å². The van der Waals surface area contributed by atoms with Crippen LogP contribution in [0, 0.1) is 0 Å². The number of hydrogen-bond acceptors (Lipinski definition) is 5. The second-order valence-corrected chi connectivity index (χ2v) is 9.10. The van der Waals surface area contributed by atoms with Gasteiger partial charge in [-0.25, -0.2) is 22.9 Å². The van der Waals surface area contributed by atoms with Gasteiger partial charge in [-0.1, -0.05) is 6.92 Å². The summed E-state index contributed by atoms with van der Waals surface area (Å²) in [6, 6.07) is 2.45. The lowest BCUT2D eigenvalue weighted by atomic mass is 10.2. The average molecular weight is 477 g/mol. The number of aryl methyl sites for hydroxylation is 1. The molecule has 0 saturated carbocycles. The molecular weight excluding hydrogens is 464 g/mol. The fourth-order valence-corrected chi connectivity index (χ4v) is 4.43. The number of fused-ring (bicyclic) bond motifs is 2. The van der Waals surface area contributed by atoms with Crippen LogP contribution >= 0.6 is 0 Å². The molecule has 0 bridgehead atoms. The summed E-state index contributed by atoms with van der Waals surface area (Å²) in [5, 5.41) is 4.00. The van der Waals surface area contributed by atoms with Crippen LogP contribution in [-0.2, 0) is 29.2 Å². The quantitative estimate of drug-likeness (QED) is 0.415. The van der Waals surface area contributed by atoms with Crippen molar-refractivity contribution in [2.24, 2.45) is 7.05 Å². The highest BCUT2D eigenvalue weighted by Crippen LogP contribution is 2.36. The number of pyridine rings is 2. The molecule has 32 heavy (non-hydrogen) atoms. The van der Waals surface area contributed by atoms with Crippen molar-refractivity contribution in [2.45, 2.75) is 24.2 Å². The van der Waals surface area contributed by atoms with Crippen LogP contribution in [0.3, 0.4) is 0 Å². The van der Waals surface area contributed by atoms with E-state index in [1.165, 1.54) is 18.5 Å². The van der Waals surface area contributed by atoms with Crippen LogP contribution in [0.2, 0.25) is 0 Å². The van der Waals surface area contributed by atoms with E-state index in [1.807, 2.05) is 0 Å². The van der Waals surface area contributed by atoms with Crippen molar-refractivity contribution < 1.29 is 34.8 Å². The van der Waals surface area contributed by atoms with Gasteiger partial charge in [0, 0.05) is 19.4 Å². The molecule has 7 nitrogen and oxygen atoms in total. The maximum absolute atomic E-state index is 13.1. The van der Waals surface area contributed by atoms with Gasteiger partial charge in [-0.05, 0) is 18.2 Å². The predicted molar refractivity (Wildman–Crippen MR) is 100 cm³/mol. The largest absolute Gasteiger partial charge is 0.417 e. The lowest BCUT2D eigenvalue weighted by Crippen LogP contribution is -2.07. The molecule has 0 aromatic carbocycles. The molecule has 0 amide bonds. The van der Waals surface area contributed by atoms with Crippen molar-refractivity contribution in [3.8, 4) is 11.5 Å². The van der Waals surface area contributed by atoms with Gasteiger partial charge in [0.1, 0.15) is 16.1 Å². The van der Waals surface area contributed by atoms with Crippen LogP contribution in [0.25, 0.3) is 28.2 Å². The summed E-state index contributed by atoms with van der Waals surface area (Å²) in [4.78, 5) is 7.45. The van der Waals surface area contributed by atoms with E-state index in [0.717, 1.165) is 22.7 Å². The Hall–Kier alpha value is -3.16. The fourth-order valence-electron chi connectivity index (χ4n) is 3.23. The first kappa shape index (κ1) is 22.0. The summed E-state index contributed by atoms with van der Waals surface area (Å²) < 4.78 is 106. The molecule has 0 atom stereocenters. The fraction of sp³-hybridized carbons (Fsp3) is 0.278. The third kappa shape index (κ3) is 3.47. The van der Waals surface area contributed by atoms with Crippen molar-refractivity contribution in [3.05, 3.63) is 41.7 Å². The van der Waals surface area contributed by atoms with E-state index in [1.54, 1.807) is 0 Å². The number of alkyl halides is 6. The molecule has 4 aromatic rings. The van der Waals surface area contributed by atoms with Gasteiger partial charge in [0.25, 0.3) is 0 Å². The highest BCUT2D eigenvalue weighted by atomic mass is 32.2. The second-order valence-electron chi connectivity index (χ2n) is 6.89. The smallest absolute Gasteiger partial charge is 0.310 e. The van der Waals surface area contributed by atoms with Crippen LogP contribution in [-0.4, -0.2) is 38.3 Å². The Balaban J connectivity index is 2.04. The summed E-state index contributed by atoms with van der Waals surface area (Å²) in [6.45, 7) is 1.35. The van der Waals surface area contributed by atoms with E-state index < -0.39 is 33.3 Å². The molecule has 0 aliphatic heterocycles. The molecule has 4 aromatic heterocycles. The SMILES string of the molecule is CCS(=O)(=O)c1c(-c2nc3cc(C(F)(F)F)cnc3n2C)nn2cc(C(F)(F)F)ccc12. The van der Waals surface area contributed by atoms with E-state index in [4.69, 9.17) is 0 Å². The summed E-state index contributed by atoms with van der Waals surface area (Å²) in [6.07, 6.45) is -8.13. The summed E-state index contributed by atoms with van der Waals surface area (Å²) >= 11 is 0. The molecule has 0 unspecified atom stereocenters. The van der Waals surface area contributed by atoms with Crippen LogP contribution in [0.1, 0.15) is 18.1 Å². The zero-order valence-corrected chi connectivity index (χ0v) is 17.1. The summed E-state index contributed by atoms with van der Waals surface area (Å²) in [5.74, 6) is -0.543. The predicted octanol–water partition coefficient (Wildman–Crippen LogP) is 4.11. The Kier molecular flexibility index (Phi) is 4.77. The molecule has 0 N–H and O–H groups in total. The summed E-state index contributed by atoms with van der Waals surface area (Å²) in [5.41, 5.74) is -2.68. The van der Waals surface area contributed by atoms with Gasteiger partial charge >= 0.3 is 12.4 Å². The molecule has 4 heterocycles. The maximum atomic E-state index is 13.1. The average Bonchev–Trinajstić information content (AvgIpc) is 3.24. The van der Waals surface area contributed by atoms with Crippen LogP contribution in [0.15, 0.2) is 35.5 Å². The minimum Gasteiger partial charge on any atom is -0.310 e. The number of sulfone groups is 1. The Morgan fingerprint density at radius 1 is 1.03 bits per heavy atom. The molecule has 0 aliphatic rings. The molecular formula is C18H13F6N5O2S. The molecule has 0 saturated heterocycles. The van der Waals surface area contributed by atoms with Gasteiger partial charge < -0.3 is 4.57 Å². The van der Waals surface area contributed by atoms with Crippen molar-refractivity contribution in [3.63, 3.8) is 0 Å². The number of aromatic nitrogens is 5. The zero-order chi connectivity index (χ0) is 23.6. The Morgan fingerprint density at radius 3 is 2.28 bits per heavy atom. The molecule has 4 rings (SSSR count). The van der Waals surface area contributed by atoms with Gasteiger partial charge in [0.2, 0.25) is 0 Å². The summed E-state index contributed by atoms with van der Waals surface area (Å²) in [7, 11) is -2.63. The minimum absolute atomic E-state index is 0.0147. The Morgan fingerprint density at radius 2 is 1.69 bits per heavy atom. The number of imidazole rings is 1. The molecule has 0 fully saturated rings. The van der Waals surface area contributed by atoms with Crippen molar-refractivity contribution in [1.29, 1.82) is 0 Å². The molecule has 170 valence electrons. The van der Waals surface area contributed by atoms with Crippen LogP contribution in [0.5, 0.6) is 0 Å². The van der Waals surface area contributed by atoms with Crippen LogP contribution < -0.4 is 0 Å². The van der Waals surface area contributed by atoms with Gasteiger partial charge in [0.15, 0.2) is 21.3 Å². The minimum atomic E-state index is -4.69. The lowest BCUT2D eigenvalue weighted by Gasteiger charge is -2.06. The topological polar surface area (TPSA) is 82.1 Å². The first-order chi connectivity index (χ1) is 14.7. The number of halogens is 6. The van der Waals surface area contributed by atoms with E-state index >= 15 is 0 Å². The number of nitrogens with zero attached hydrogens (tertiary/aromatic N) is 5. The van der Waals surface area contributed by atoms with Crippen molar-refractivity contribution in [2.75, 3.05) is 5.75 Å². The molecule has 0 aliphatic carbocycles. The van der Waals surface area contributed by atoms with Gasteiger partial charge in [-0.2, -0.15) is 31.4 Å². The van der Waals surface area contributed by atoms with E-state index in [0.29, 0.717) is 12.4 Å². The second kappa shape index (κ2) is 6.92. The molecule has 0 radical (unpaired) electrons. The Bertz CT molecular complexity index is 1470. The van der Waals surface area contributed by atoms with E-state index in [-0.39, 0.29) is 38.8 Å².